The molecule has 18 heavy (non-hydrogen) atoms. The first-order valence-corrected chi connectivity index (χ1v) is 7.23. The van der Waals surface area contributed by atoms with Crippen molar-refractivity contribution in [2.45, 2.75) is 32.7 Å². The maximum Gasteiger partial charge on any atom is 0.0864 e. The number of fused-ring (bicyclic) bond motifs is 1. The summed E-state index contributed by atoms with van der Waals surface area (Å²) in [4.78, 5) is 8.57. The summed E-state index contributed by atoms with van der Waals surface area (Å²) in [6.45, 7) is 14.5. The molecule has 0 fully saturated rings. The van der Waals surface area contributed by atoms with Crippen molar-refractivity contribution >= 4 is 11.3 Å². The first kappa shape index (κ1) is 13.5. The average Bonchev–Trinajstić information content (AvgIpc) is 2.77. The third-order valence-electron chi connectivity index (χ3n) is 3.29. The fraction of sp³-hybridized carbons (Fsp3) is 0.467. The third kappa shape index (κ3) is 2.74. The summed E-state index contributed by atoms with van der Waals surface area (Å²) in [6, 6.07) is 2.35. The molecule has 0 unspecified atom stereocenters. The Morgan fingerprint density at radius 3 is 3.06 bits per heavy atom. The van der Waals surface area contributed by atoms with Crippen LogP contribution in [0.1, 0.15) is 35.1 Å². The van der Waals surface area contributed by atoms with Gasteiger partial charge in [-0.1, -0.05) is 25.2 Å². The minimum absolute atomic E-state index is 0.398. The highest BCUT2D eigenvalue weighted by Gasteiger charge is 2.28. The summed E-state index contributed by atoms with van der Waals surface area (Å²) < 4.78 is 0. The van der Waals surface area contributed by atoms with Crippen LogP contribution in [-0.4, -0.2) is 18.2 Å². The van der Waals surface area contributed by atoms with Crippen LogP contribution in [0.25, 0.3) is 0 Å². The predicted molar refractivity (Wildman–Crippen MR) is 77.8 cm³/mol. The van der Waals surface area contributed by atoms with E-state index < -0.39 is 0 Å². The van der Waals surface area contributed by atoms with Gasteiger partial charge in [0.15, 0.2) is 0 Å². The van der Waals surface area contributed by atoms with Crippen LogP contribution in [0.2, 0.25) is 0 Å². The van der Waals surface area contributed by atoms with Crippen molar-refractivity contribution in [1.82, 2.24) is 5.06 Å². The van der Waals surface area contributed by atoms with E-state index in [0.717, 1.165) is 19.5 Å². The number of hydrogen-bond donors (Lipinski definition) is 0. The van der Waals surface area contributed by atoms with Gasteiger partial charge >= 0.3 is 0 Å². The molecule has 1 aromatic heterocycles. The van der Waals surface area contributed by atoms with E-state index in [1.54, 1.807) is 6.08 Å². The van der Waals surface area contributed by atoms with E-state index in [1.807, 2.05) is 16.4 Å². The zero-order chi connectivity index (χ0) is 13.1. The van der Waals surface area contributed by atoms with Crippen molar-refractivity contribution in [2.24, 2.45) is 0 Å². The van der Waals surface area contributed by atoms with Crippen molar-refractivity contribution in [3.05, 3.63) is 46.2 Å². The molecule has 1 aromatic rings. The fourth-order valence-electron chi connectivity index (χ4n) is 2.30. The van der Waals surface area contributed by atoms with Crippen LogP contribution in [0.3, 0.4) is 0 Å². The number of thiophene rings is 1. The van der Waals surface area contributed by atoms with E-state index in [9.17, 15) is 0 Å². The van der Waals surface area contributed by atoms with Crippen molar-refractivity contribution < 1.29 is 4.84 Å². The first-order chi connectivity index (χ1) is 8.65. The lowest BCUT2D eigenvalue weighted by atomic mass is 9.90. The maximum atomic E-state index is 5.69. The smallest absolute Gasteiger partial charge is 0.0864 e. The van der Waals surface area contributed by atoms with Gasteiger partial charge in [0.05, 0.1) is 13.2 Å². The molecule has 2 nitrogen and oxygen atoms in total. The van der Waals surface area contributed by atoms with Crippen molar-refractivity contribution in [2.75, 3.05) is 13.2 Å². The standard InChI is InChI=1S/C15H21NOS/c1-5-7-17-16-9-14(11(3)4)13-8-12(6-2)18-15(13)10-16/h5,8,14H,1,3,6-7,9-10H2,2,4H3/t14-/m0/s1. The lowest BCUT2D eigenvalue weighted by Crippen LogP contribution is -2.33. The number of rotatable bonds is 5. The third-order valence-corrected chi connectivity index (χ3v) is 4.57. The Morgan fingerprint density at radius 2 is 2.44 bits per heavy atom. The van der Waals surface area contributed by atoms with Gasteiger partial charge < -0.3 is 0 Å². The molecule has 2 heterocycles. The summed E-state index contributed by atoms with van der Waals surface area (Å²) in [7, 11) is 0. The van der Waals surface area contributed by atoms with Gasteiger partial charge in [-0.05, 0) is 25.0 Å². The lowest BCUT2D eigenvalue weighted by molar-refractivity contribution is -0.160. The van der Waals surface area contributed by atoms with Crippen LogP contribution in [-0.2, 0) is 17.8 Å². The molecule has 1 aliphatic heterocycles. The van der Waals surface area contributed by atoms with E-state index in [2.05, 4.69) is 33.1 Å². The number of nitrogens with zero attached hydrogens (tertiary/aromatic N) is 1. The fourth-order valence-corrected chi connectivity index (χ4v) is 3.47. The van der Waals surface area contributed by atoms with Gasteiger partial charge in [0.2, 0.25) is 0 Å². The quantitative estimate of drug-likeness (QED) is 0.747. The molecule has 0 N–H and O–H groups in total. The Bertz CT molecular complexity index is 449. The molecule has 2 rings (SSSR count). The van der Waals surface area contributed by atoms with Crippen LogP contribution in [0, 0.1) is 0 Å². The van der Waals surface area contributed by atoms with E-state index in [1.165, 1.54) is 20.9 Å². The highest BCUT2D eigenvalue weighted by Crippen LogP contribution is 2.38. The first-order valence-electron chi connectivity index (χ1n) is 6.41. The molecule has 0 bridgehead atoms. The molecule has 3 heteroatoms. The molecule has 98 valence electrons. The van der Waals surface area contributed by atoms with Crippen molar-refractivity contribution in [1.29, 1.82) is 0 Å². The van der Waals surface area contributed by atoms with Crippen LogP contribution in [0.15, 0.2) is 30.9 Å². The van der Waals surface area contributed by atoms with E-state index in [-0.39, 0.29) is 0 Å². The van der Waals surface area contributed by atoms with Gasteiger partial charge in [-0.15, -0.1) is 17.9 Å². The van der Waals surface area contributed by atoms with Gasteiger partial charge in [0.1, 0.15) is 0 Å². The second-order valence-electron chi connectivity index (χ2n) is 4.75. The summed E-state index contributed by atoms with van der Waals surface area (Å²) >= 11 is 1.91. The monoisotopic (exact) mass is 263 g/mol. The van der Waals surface area contributed by atoms with Gasteiger partial charge in [0, 0.05) is 22.2 Å². The van der Waals surface area contributed by atoms with Crippen LogP contribution in [0.5, 0.6) is 0 Å². The second-order valence-corrected chi connectivity index (χ2v) is 5.97. The molecule has 0 aliphatic carbocycles. The molecule has 0 radical (unpaired) electrons. The highest BCUT2D eigenvalue weighted by atomic mass is 32.1. The summed E-state index contributed by atoms with van der Waals surface area (Å²) in [6.07, 6.45) is 2.89. The molecule has 1 atom stereocenters. The van der Waals surface area contributed by atoms with E-state index in [0.29, 0.717) is 12.5 Å². The molecule has 0 spiro atoms. The summed E-state index contributed by atoms with van der Waals surface area (Å²) in [5, 5.41) is 2.04. The van der Waals surface area contributed by atoms with Crippen LogP contribution < -0.4 is 0 Å². The molecule has 0 saturated carbocycles. The largest absolute Gasteiger partial charge is 0.294 e. The minimum atomic E-state index is 0.398. The Labute approximate surface area is 114 Å². The Hall–Kier alpha value is -0.900. The van der Waals surface area contributed by atoms with Gasteiger partial charge in [-0.25, -0.2) is 0 Å². The molecule has 1 aliphatic rings. The van der Waals surface area contributed by atoms with Crippen LogP contribution >= 0.6 is 11.3 Å². The Balaban J connectivity index is 2.24. The van der Waals surface area contributed by atoms with Crippen molar-refractivity contribution in [3.63, 3.8) is 0 Å². The van der Waals surface area contributed by atoms with E-state index in [4.69, 9.17) is 4.84 Å². The average molecular weight is 263 g/mol. The lowest BCUT2D eigenvalue weighted by Gasteiger charge is -2.32. The number of hydroxylamine groups is 2. The second kappa shape index (κ2) is 5.83. The zero-order valence-corrected chi connectivity index (χ0v) is 12.1. The molecule has 0 amide bonds. The summed E-state index contributed by atoms with van der Waals surface area (Å²) in [5.74, 6) is 0.398. The maximum absolute atomic E-state index is 5.69. The molecular weight excluding hydrogens is 242 g/mol. The van der Waals surface area contributed by atoms with Gasteiger partial charge in [-0.3, -0.25) is 4.84 Å². The molecule has 0 aromatic carbocycles. The highest BCUT2D eigenvalue weighted by molar-refractivity contribution is 7.12. The SMILES string of the molecule is C=CCON1Cc2sc(CC)cc2[C@H](C(=C)C)C1. The topological polar surface area (TPSA) is 12.5 Å². The minimum Gasteiger partial charge on any atom is -0.294 e. The number of hydrogen-bond acceptors (Lipinski definition) is 3. The molecular formula is C15H21NOS. The normalized spacial score (nSPS) is 19.6. The summed E-state index contributed by atoms with van der Waals surface area (Å²) in [5.41, 5.74) is 2.67. The van der Waals surface area contributed by atoms with E-state index >= 15 is 0 Å². The predicted octanol–water partition coefficient (Wildman–Crippen LogP) is 3.90. The van der Waals surface area contributed by atoms with Gasteiger partial charge in [-0.2, -0.15) is 5.06 Å². The molecule has 0 saturated heterocycles. The Kier molecular flexibility index (Phi) is 4.38. The van der Waals surface area contributed by atoms with Crippen molar-refractivity contribution in [3.8, 4) is 0 Å². The zero-order valence-electron chi connectivity index (χ0n) is 11.2. The number of aryl methyl sites for hydroxylation is 1. The Morgan fingerprint density at radius 1 is 1.67 bits per heavy atom. The van der Waals surface area contributed by atoms with Crippen LogP contribution in [0.4, 0.5) is 0 Å². The van der Waals surface area contributed by atoms with Gasteiger partial charge in [0.25, 0.3) is 0 Å².